The van der Waals surface area contributed by atoms with Crippen LogP contribution >= 0.6 is 0 Å². The zero-order valence-electron chi connectivity index (χ0n) is 12.6. The van der Waals surface area contributed by atoms with Gasteiger partial charge in [-0.3, -0.25) is 0 Å². The summed E-state index contributed by atoms with van der Waals surface area (Å²) in [4.78, 5) is 2.43. The highest BCUT2D eigenvalue weighted by Crippen LogP contribution is 2.37. The van der Waals surface area contributed by atoms with Crippen molar-refractivity contribution in [2.45, 2.75) is 40.2 Å². The van der Waals surface area contributed by atoms with Crippen molar-refractivity contribution in [2.24, 2.45) is 0 Å². The Morgan fingerprint density at radius 1 is 0.737 bits per heavy atom. The lowest BCUT2D eigenvalue weighted by Gasteiger charge is -2.39. The number of rotatable bonds is 2. The molecule has 0 heterocycles. The van der Waals surface area contributed by atoms with Crippen LogP contribution in [0.4, 0.5) is 11.4 Å². The number of benzene rings is 2. The van der Waals surface area contributed by atoms with Gasteiger partial charge in [-0.1, -0.05) is 36.4 Å². The summed E-state index contributed by atoms with van der Waals surface area (Å²) in [5.74, 6) is 0. The molecule has 0 N–H and O–H groups in total. The van der Waals surface area contributed by atoms with Gasteiger partial charge in [0.15, 0.2) is 0 Å². The van der Waals surface area contributed by atoms with Gasteiger partial charge in [-0.25, -0.2) is 0 Å². The molecule has 0 saturated carbocycles. The molecule has 1 heteroatoms. The maximum atomic E-state index is 2.43. The summed E-state index contributed by atoms with van der Waals surface area (Å²) in [7, 11) is 0. The fraction of sp³-hybridized carbons (Fsp3) is 0.333. The van der Waals surface area contributed by atoms with E-state index in [9.17, 15) is 0 Å². The number of aryl methyl sites for hydroxylation is 2. The zero-order valence-corrected chi connectivity index (χ0v) is 12.6. The van der Waals surface area contributed by atoms with E-state index in [1.54, 1.807) is 0 Å². The molecule has 0 unspecified atom stereocenters. The molecule has 0 bridgehead atoms. The van der Waals surface area contributed by atoms with Crippen LogP contribution in [0, 0.1) is 13.8 Å². The topological polar surface area (TPSA) is 3.24 Å². The molecule has 100 valence electrons. The molecule has 0 atom stereocenters. The zero-order chi connectivity index (χ0) is 14.0. The molecular weight excluding hydrogens is 230 g/mol. The van der Waals surface area contributed by atoms with Gasteiger partial charge in [0.05, 0.1) is 0 Å². The van der Waals surface area contributed by atoms with Crippen LogP contribution in [0.3, 0.4) is 0 Å². The van der Waals surface area contributed by atoms with Gasteiger partial charge in [-0.2, -0.15) is 0 Å². The van der Waals surface area contributed by atoms with Crippen molar-refractivity contribution in [1.82, 2.24) is 0 Å². The van der Waals surface area contributed by atoms with Gasteiger partial charge in [0.25, 0.3) is 0 Å². The molecule has 1 nitrogen and oxygen atoms in total. The van der Waals surface area contributed by atoms with E-state index in [4.69, 9.17) is 0 Å². The molecule has 0 saturated heterocycles. The first-order chi connectivity index (χ1) is 8.91. The van der Waals surface area contributed by atoms with Crippen LogP contribution < -0.4 is 4.90 Å². The van der Waals surface area contributed by atoms with Gasteiger partial charge < -0.3 is 4.90 Å². The van der Waals surface area contributed by atoms with Gasteiger partial charge in [0.2, 0.25) is 0 Å². The first kappa shape index (κ1) is 13.7. The van der Waals surface area contributed by atoms with Crippen molar-refractivity contribution in [3.05, 3.63) is 59.7 Å². The molecule has 2 aromatic rings. The quantitative estimate of drug-likeness (QED) is 0.707. The second-order valence-electron chi connectivity index (χ2n) is 6.08. The van der Waals surface area contributed by atoms with E-state index in [1.807, 2.05) is 0 Å². The van der Waals surface area contributed by atoms with Crippen LogP contribution in [0.25, 0.3) is 0 Å². The Labute approximate surface area is 116 Å². The highest BCUT2D eigenvalue weighted by atomic mass is 15.2. The predicted molar refractivity (Wildman–Crippen MR) is 84.3 cm³/mol. The molecular formula is C18H23N. The Hall–Kier alpha value is -1.76. The summed E-state index contributed by atoms with van der Waals surface area (Å²) in [6, 6.07) is 17.1. The van der Waals surface area contributed by atoms with Gasteiger partial charge in [0, 0.05) is 16.9 Å². The highest BCUT2D eigenvalue weighted by Gasteiger charge is 2.25. The number of hydrogen-bond donors (Lipinski definition) is 0. The number of para-hydroxylation sites is 2. The van der Waals surface area contributed by atoms with Crippen LogP contribution in [0.2, 0.25) is 0 Å². The van der Waals surface area contributed by atoms with E-state index < -0.39 is 0 Å². The lowest BCUT2D eigenvalue weighted by atomic mass is 9.99. The fourth-order valence-corrected chi connectivity index (χ4v) is 2.59. The highest BCUT2D eigenvalue weighted by molar-refractivity contribution is 5.71. The minimum atomic E-state index is 0.0399. The first-order valence-electron chi connectivity index (χ1n) is 6.83. The summed E-state index contributed by atoms with van der Waals surface area (Å²) in [6.45, 7) is 11.1. The number of anilines is 2. The maximum absolute atomic E-state index is 2.43. The van der Waals surface area contributed by atoms with E-state index in [0.717, 1.165) is 0 Å². The van der Waals surface area contributed by atoms with Gasteiger partial charge in [0.1, 0.15) is 0 Å². The average Bonchev–Trinajstić information content (AvgIpc) is 2.33. The minimum absolute atomic E-state index is 0.0399. The van der Waals surface area contributed by atoms with Crippen molar-refractivity contribution in [1.29, 1.82) is 0 Å². The molecule has 0 aliphatic rings. The lowest BCUT2D eigenvalue weighted by Crippen LogP contribution is -2.38. The van der Waals surface area contributed by atoms with Crippen LogP contribution in [0.1, 0.15) is 31.9 Å². The van der Waals surface area contributed by atoms with Crippen LogP contribution in [-0.4, -0.2) is 5.54 Å². The normalized spacial score (nSPS) is 11.4. The third-order valence-electron chi connectivity index (χ3n) is 3.35. The van der Waals surface area contributed by atoms with Crippen molar-refractivity contribution >= 4 is 11.4 Å². The van der Waals surface area contributed by atoms with E-state index in [-0.39, 0.29) is 5.54 Å². The van der Waals surface area contributed by atoms with Crippen molar-refractivity contribution in [2.75, 3.05) is 4.90 Å². The molecule has 0 fully saturated rings. The number of nitrogens with zero attached hydrogens (tertiary/aromatic N) is 1. The monoisotopic (exact) mass is 253 g/mol. The second-order valence-corrected chi connectivity index (χ2v) is 6.08. The second kappa shape index (κ2) is 5.08. The lowest BCUT2D eigenvalue weighted by molar-refractivity contribution is 0.558. The summed E-state index contributed by atoms with van der Waals surface area (Å²) in [6.07, 6.45) is 0. The Morgan fingerprint density at radius 2 is 1.26 bits per heavy atom. The average molecular weight is 253 g/mol. The van der Waals surface area contributed by atoms with E-state index in [0.29, 0.717) is 0 Å². The first-order valence-corrected chi connectivity index (χ1v) is 6.83. The Balaban J connectivity index is 2.64. The Morgan fingerprint density at radius 3 is 1.74 bits per heavy atom. The summed E-state index contributed by atoms with van der Waals surface area (Å²) >= 11 is 0. The summed E-state index contributed by atoms with van der Waals surface area (Å²) in [5, 5.41) is 0. The fourth-order valence-electron chi connectivity index (χ4n) is 2.59. The van der Waals surface area contributed by atoms with E-state index in [2.05, 4.69) is 88.0 Å². The van der Waals surface area contributed by atoms with Crippen LogP contribution in [0.15, 0.2) is 48.5 Å². The third-order valence-corrected chi connectivity index (χ3v) is 3.35. The minimum Gasteiger partial charge on any atom is -0.336 e. The van der Waals surface area contributed by atoms with E-state index >= 15 is 0 Å². The molecule has 0 radical (unpaired) electrons. The standard InChI is InChI=1S/C18H23N/c1-14-10-9-11-15(2)17(14)19(18(3,4)5)16-12-7-6-8-13-16/h6-13H,1-5H3. The Bertz CT molecular complexity index is 529. The summed E-state index contributed by atoms with van der Waals surface area (Å²) < 4.78 is 0. The SMILES string of the molecule is Cc1cccc(C)c1N(c1ccccc1)C(C)(C)C. The van der Waals surface area contributed by atoms with Crippen molar-refractivity contribution in [3.8, 4) is 0 Å². The van der Waals surface area contributed by atoms with Gasteiger partial charge in [-0.05, 0) is 57.9 Å². The van der Waals surface area contributed by atoms with Crippen LogP contribution in [-0.2, 0) is 0 Å². The molecule has 2 rings (SSSR count). The third kappa shape index (κ3) is 2.81. The molecule has 0 spiro atoms. The summed E-state index contributed by atoms with van der Waals surface area (Å²) in [5.41, 5.74) is 5.24. The molecule has 0 aliphatic carbocycles. The molecule has 0 aliphatic heterocycles. The van der Waals surface area contributed by atoms with Crippen molar-refractivity contribution < 1.29 is 0 Å². The predicted octanol–water partition coefficient (Wildman–Crippen LogP) is 5.24. The van der Waals surface area contributed by atoms with Gasteiger partial charge in [-0.15, -0.1) is 0 Å². The molecule has 19 heavy (non-hydrogen) atoms. The molecule has 0 aromatic heterocycles. The molecule has 0 amide bonds. The Kier molecular flexibility index (Phi) is 3.66. The van der Waals surface area contributed by atoms with Crippen LogP contribution in [0.5, 0.6) is 0 Å². The van der Waals surface area contributed by atoms with E-state index in [1.165, 1.54) is 22.5 Å². The smallest absolute Gasteiger partial charge is 0.0475 e. The largest absolute Gasteiger partial charge is 0.336 e. The van der Waals surface area contributed by atoms with Crippen molar-refractivity contribution in [3.63, 3.8) is 0 Å². The number of hydrogen-bond acceptors (Lipinski definition) is 1. The molecule has 2 aromatic carbocycles. The van der Waals surface area contributed by atoms with Gasteiger partial charge >= 0.3 is 0 Å². The maximum Gasteiger partial charge on any atom is 0.0475 e.